The topological polar surface area (TPSA) is 49.5 Å². The number of benzene rings is 1. The van der Waals surface area contributed by atoms with E-state index in [1.807, 2.05) is 26.0 Å². The molecule has 1 aromatic rings. The van der Waals surface area contributed by atoms with Crippen LogP contribution in [0.1, 0.15) is 25.8 Å². The summed E-state index contributed by atoms with van der Waals surface area (Å²) < 4.78 is 0. The van der Waals surface area contributed by atoms with E-state index in [1.165, 1.54) is 11.3 Å². The van der Waals surface area contributed by atoms with Gasteiger partial charge in [0, 0.05) is 13.1 Å². The van der Waals surface area contributed by atoms with Gasteiger partial charge in [0.25, 0.3) is 0 Å². The average Bonchev–Trinajstić information content (AvgIpc) is 2.58. The van der Waals surface area contributed by atoms with Crippen molar-refractivity contribution in [3.63, 3.8) is 0 Å². The highest BCUT2D eigenvalue weighted by molar-refractivity contribution is 5.74. The average molecular weight is 220 g/mol. The molecule has 0 atom stereocenters. The molecular formula is C13H20N2O. The Morgan fingerprint density at radius 2 is 2.19 bits per heavy atom. The smallest absolute Gasteiger partial charge is 0.0633 e. The Morgan fingerprint density at radius 3 is 2.88 bits per heavy atom. The molecule has 1 heterocycles. The maximum Gasteiger partial charge on any atom is 0.0633 e. The van der Waals surface area contributed by atoms with Crippen LogP contribution >= 0.6 is 0 Å². The fraction of sp³-hybridized carbons (Fsp3) is 0.538. The molecule has 0 saturated carbocycles. The molecule has 16 heavy (non-hydrogen) atoms. The van der Waals surface area contributed by atoms with Crippen molar-refractivity contribution in [3.8, 4) is 0 Å². The quantitative estimate of drug-likeness (QED) is 0.764. The van der Waals surface area contributed by atoms with E-state index in [4.69, 9.17) is 5.73 Å². The molecule has 0 bridgehead atoms. The standard InChI is InChI=1S/C13H20N2O/c1-13(2,16)7-9-15-8-6-10-4-3-5-11(14)12(10)15/h3-5,16H,6-9,14H2,1-2H3. The predicted molar refractivity (Wildman–Crippen MR) is 67.7 cm³/mol. The molecule has 0 radical (unpaired) electrons. The van der Waals surface area contributed by atoms with Crippen LogP contribution in [0.15, 0.2) is 18.2 Å². The first-order chi connectivity index (χ1) is 7.47. The number of nitrogen functional groups attached to an aromatic ring is 1. The summed E-state index contributed by atoms with van der Waals surface area (Å²) in [7, 11) is 0. The first-order valence-electron chi connectivity index (χ1n) is 5.82. The number of aliphatic hydroxyl groups is 1. The molecule has 3 N–H and O–H groups in total. The molecule has 0 fully saturated rings. The maximum absolute atomic E-state index is 9.74. The lowest BCUT2D eigenvalue weighted by atomic mass is 10.1. The van der Waals surface area contributed by atoms with Gasteiger partial charge in [0.15, 0.2) is 0 Å². The minimum atomic E-state index is -0.605. The van der Waals surface area contributed by atoms with Crippen LogP contribution in [0.5, 0.6) is 0 Å². The first kappa shape index (κ1) is 11.3. The van der Waals surface area contributed by atoms with Gasteiger partial charge < -0.3 is 15.7 Å². The predicted octanol–water partition coefficient (Wildman–Crippen LogP) is 1.79. The van der Waals surface area contributed by atoms with Crippen LogP contribution in [0, 0.1) is 0 Å². The van der Waals surface area contributed by atoms with Gasteiger partial charge in [-0.25, -0.2) is 0 Å². The molecule has 0 amide bonds. The molecule has 1 aliphatic heterocycles. The molecule has 88 valence electrons. The third-order valence-corrected chi connectivity index (χ3v) is 3.11. The number of hydrogen-bond donors (Lipinski definition) is 2. The van der Waals surface area contributed by atoms with Crippen LogP contribution in [0.2, 0.25) is 0 Å². The van der Waals surface area contributed by atoms with Crippen molar-refractivity contribution in [1.29, 1.82) is 0 Å². The summed E-state index contributed by atoms with van der Waals surface area (Å²) in [5.41, 5.74) is 8.75. The van der Waals surface area contributed by atoms with Crippen LogP contribution in [-0.2, 0) is 6.42 Å². The SMILES string of the molecule is CC(C)(O)CCN1CCc2cccc(N)c21. The van der Waals surface area contributed by atoms with Crippen LogP contribution in [0.25, 0.3) is 0 Å². The van der Waals surface area contributed by atoms with Gasteiger partial charge in [0.05, 0.1) is 17.0 Å². The second kappa shape index (κ2) is 3.98. The van der Waals surface area contributed by atoms with Crippen molar-refractivity contribution in [2.45, 2.75) is 32.3 Å². The van der Waals surface area contributed by atoms with E-state index in [1.54, 1.807) is 0 Å². The third kappa shape index (κ3) is 2.30. The number of rotatable bonds is 3. The van der Waals surface area contributed by atoms with E-state index in [2.05, 4.69) is 11.0 Å². The van der Waals surface area contributed by atoms with E-state index < -0.39 is 5.60 Å². The van der Waals surface area contributed by atoms with Gasteiger partial charge in [0.2, 0.25) is 0 Å². The van der Waals surface area contributed by atoms with Gasteiger partial charge in [-0.15, -0.1) is 0 Å². The Morgan fingerprint density at radius 1 is 1.44 bits per heavy atom. The van der Waals surface area contributed by atoms with E-state index in [0.29, 0.717) is 0 Å². The Labute approximate surface area is 96.9 Å². The second-order valence-electron chi connectivity index (χ2n) is 5.15. The minimum Gasteiger partial charge on any atom is -0.397 e. The number of para-hydroxylation sites is 1. The second-order valence-corrected chi connectivity index (χ2v) is 5.15. The molecule has 0 aromatic heterocycles. The summed E-state index contributed by atoms with van der Waals surface area (Å²) in [6.45, 7) is 5.57. The Balaban J connectivity index is 2.12. The normalized spacial score (nSPS) is 15.3. The van der Waals surface area contributed by atoms with Crippen molar-refractivity contribution >= 4 is 11.4 Å². The summed E-state index contributed by atoms with van der Waals surface area (Å²) >= 11 is 0. The van der Waals surface area contributed by atoms with Crippen LogP contribution in [0.3, 0.4) is 0 Å². The fourth-order valence-electron chi connectivity index (χ4n) is 2.20. The summed E-state index contributed by atoms with van der Waals surface area (Å²) in [5, 5.41) is 9.74. The zero-order chi connectivity index (χ0) is 11.8. The molecule has 0 unspecified atom stereocenters. The van der Waals surface area contributed by atoms with Gasteiger partial charge in [-0.2, -0.15) is 0 Å². The Hall–Kier alpha value is -1.22. The highest BCUT2D eigenvalue weighted by Gasteiger charge is 2.23. The Kier molecular flexibility index (Phi) is 2.80. The number of hydrogen-bond acceptors (Lipinski definition) is 3. The summed E-state index contributed by atoms with van der Waals surface area (Å²) in [6, 6.07) is 6.09. The molecule has 0 aliphatic carbocycles. The van der Waals surface area contributed by atoms with Crippen molar-refractivity contribution in [3.05, 3.63) is 23.8 Å². The monoisotopic (exact) mass is 220 g/mol. The number of fused-ring (bicyclic) bond motifs is 1. The van der Waals surface area contributed by atoms with Crippen LogP contribution in [0.4, 0.5) is 11.4 Å². The highest BCUT2D eigenvalue weighted by Crippen LogP contribution is 2.33. The maximum atomic E-state index is 9.74. The summed E-state index contributed by atoms with van der Waals surface area (Å²) in [4.78, 5) is 2.28. The highest BCUT2D eigenvalue weighted by atomic mass is 16.3. The van der Waals surface area contributed by atoms with Gasteiger partial charge in [-0.3, -0.25) is 0 Å². The van der Waals surface area contributed by atoms with Crippen molar-refractivity contribution in [2.75, 3.05) is 23.7 Å². The van der Waals surface area contributed by atoms with Crippen molar-refractivity contribution in [1.82, 2.24) is 0 Å². The van der Waals surface area contributed by atoms with Crippen molar-refractivity contribution < 1.29 is 5.11 Å². The zero-order valence-electron chi connectivity index (χ0n) is 10.0. The first-order valence-corrected chi connectivity index (χ1v) is 5.82. The lowest BCUT2D eigenvalue weighted by Crippen LogP contribution is -2.30. The van der Waals surface area contributed by atoms with E-state index in [9.17, 15) is 5.11 Å². The molecule has 0 spiro atoms. The largest absolute Gasteiger partial charge is 0.397 e. The lowest BCUT2D eigenvalue weighted by molar-refractivity contribution is 0.0732. The molecule has 3 heteroatoms. The minimum absolute atomic E-state index is 0.605. The van der Waals surface area contributed by atoms with Gasteiger partial charge >= 0.3 is 0 Å². The van der Waals surface area contributed by atoms with E-state index >= 15 is 0 Å². The molecular weight excluding hydrogens is 200 g/mol. The van der Waals surface area contributed by atoms with Gasteiger partial charge in [0.1, 0.15) is 0 Å². The Bertz CT molecular complexity index is 382. The molecule has 3 nitrogen and oxygen atoms in total. The third-order valence-electron chi connectivity index (χ3n) is 3.11. The number of nitrogens with two attached hydrogens (primary N) is 1. The molecule has 1 aliphatic rings. The van der Waals surface area contributed by atoms with E-state index in [-0.39, 0.29) is 0 Å². The number of nitrogens with zero attached hydrogens (tertiary/aromatic N) is 1. The summed E-state index contributed by atoms with van der Waals surface area (Å²) in [5.74, 6) is 0. The van der Waals surface area contributed by atoms with Gasteiger partial charge in [-0.05, 0) is 38.3 Å². The van der Waals surface area contributed by atoms with Crippen LogP contribution in [-0.4, -0.2) is 23.8 Å². The molecule has 1 aromatic carbocycles. The van der Waals surface area contributed by atoms with Crippen LogP contribution < -0.4 is 10.6 Å². The number of anilines is 2. The summed E-state index contributed by atoms with van der Waals surface area (Å²) in [6.07, 6.45) is 1.83. The fourth-order valence-corrected chi connectivity index (χ4v) is 2.20. The lowest BCUT2D eigenvalue weighted by Gasteiger charge is -2.25. The van der Waals surface area contributed by atoms with E-state index in [0.717, 1.165) is 31.6 Å². The zero-order valence-corrected chi connectivity index (χ0v) is 10.0. The molecule has 2 rings (SSSR count). The molecule has 0 saturated heterocycles. The van der Waals surface area contributed by atoms with Gasteiger partial charge in [-0.1, -0.05) is 12.1 Å². The van der Waals surface area contributed by atoms with Crippen molar-refractivity contribution in [2.24, 2.45) is 0 Å².